The number of likely N-dealkylation sites (N-methyl/N-ethyl adjacent to an activating group) is 1. The molecule has 0 aliphatic heterocycles. The van der Waals surface area contributed by atoms with Crippen LogP contribution in [0.4, 0.5) is 15.8 Å². The summed E-state index contributed by atoms with van der Waals surface area (Å²) in [4.78, 5) is 25.8. The summed E-state index contributed by atoms with van der Waals surface area (Å²) in [7, 11) is 4.66. The number of carbonyl (C=O) groups excluding carboxylic acids is 2. The van der Waals surface area contributed by atoms with Gasteiger partial charge in [-0.2, -0.15) is 0 Å². The van der Waals surface area contributed by atoms with E-state index >= 15 is 0 Å². The predicted octanol–water partition coefficient (Wildman–Crippen LogP) is 2.35. The molecule has 2 aromatic rings. The van der Waals surface area contributed by atoms with Crippen molar-refractivity contribution in [1.82, 2.24) is 4.90 Å². The topological polar surface area (TPSA) is 79.9 Å². The molecule has 27 heavy (non-hydrogen) atoms. The molecule has 0 radical (unpaired) electrons. The van der Waals surface area contributed by atoms with E-state index in [9.17, 15) is 14.0 Å². The van der Waals surface area contributed by atoms with Crippen LogP contribution in [-0.2, 0) is 9.59 Å². The monoisotopic (exact) mass is 375 g/mol. The zero-order valence-corrected chi connectivity index (χ0v) is 15.4. The molecule has 2 aromatic carbocycles. The number of halogens is 1. The molecule has 0 bridgehead atoms. The van der Waals surface area contributed by atoms with Crippen LogP contribution in [0.1, 0.15) is 0 Å². The summed E-state index contributed by atoms with van der Waals surface area (Å²) in [5, 5.41) is 5.31. The highest BCUT2D eigenvalue weighted by Gasteiger charge is 2.14. The molecule has 144 valence electrons. The fourth-order valence-electron chi connectivity index (χ4n) is 2.41. The van der Waals surface area contributed by atoms with Gasteiger partial charge in [-0.25, -0.2) is 4.39 Å². The van der Waals surface area contributed by atoms with E-state index in [4.69, 9.17) is 9.47 Å². The number of hydrogen-bond acceptors (Lipinski definition) is 5. The van der Waals surface area contributed by atoms with Gasteiger partial charge >= 0.3 is 0 Å². The Morgan fingerprint density at radius 2 is 1.70 bits per heavy atom. The molecule has 2 N–H and O–H groups in total. The van der Waals surface area contributed by atoms with Gasteiger partial charge < -0.3 is 20.1 Å². The molecule has 0 heterocycles. The Labute approximate surface area is 157 Å². The third-order valence-corrected chi connectivity index (χ3v) is 3.62. The lowest BCUT2D eigenvalue weighted by molar-refractivity contribution is -0.119. The third-order valence-electron chi connectivity index (χ3n) is 3.62. The van der Waals surface area contributed by atoms with Crippen LogP contribution in [-0.4, -0.2) is 51.1 Å². The van der Waals surface area contributed by atoms with Gasteiger partial charge in [0.25, 0.3) is 0 Å². The second kappa shape index (κ2) is 9.54. The van der Waals surface area contributed by atoms with Crippen LogP contribution < -0.4 is 20.1 Å². The summed E-state index contributed by atoms with van der Waals surface area (Å²) in [6.07, 6.45) is 0. The number of ether oxygens (including phenoxy) is 2. The van der Waals surface area contributed by atoms with Crippen molar-refractivity contribution in [2.45, 2.75) is 0 Å². The van der Waals surface area contributed by atoms with E-state index in [1.165, 1.54) is 37.3 Å². The molecule has 0 aliphatic carbocycles. The van der Waals surface area contributed by atoms with Gasteiger partial charge in [-0.1, -0.05) is 6.07 Å². The molecule has 0 saturated heterocycles. The van der Waals surface area contributed by atoms with Crippen molar-refractivity contribution in [2.24, 2.45) is 0 Å². The van der Waals surface area contributed by atoms with E-state index in [0.29, 0.717) is 22.9 Å². The average Bonchev–Trinajstić information content (AvgIpc) is 2.61. The standard InChI is InChI=1S/C19H22FN3O4/c1-23(11-18(24)21-14-6-4-5-13(20)9-14)12-19(25)22-16-10-15(26-2)7-8-17(16)27-3/h4-10H,11-12H2,1-3H3,(H,21,24)(H,22,25). The Bertz CT molecular complexity index is 813. The number of benzene rings is 2. The number of anilines is 2. The fraction of sp³-hybridized carbons (Fsp3) is 0.263. The molecule has 0 atom stereocenters. The zero-order chi connectivity index (χ0) is 19.8. The fourth-order valence-corrected chi connectivity index (χ4v) is 2.41. The number of nitrogens with one attached hydrogen (secondary N) is 2. The maximum atomic E-state index is 13.1. The minimum atomic E-state index is -0.437. The number of hydrogen-bond donors (Lipinski definition) is 2. The van der Waals surface area contributed by atoms with Crippen molar-refractivity contribution in [2.75, 3.05) is 45.0 Å². The Balaban J connectivity index is 1.89. The van der Waals surface area contributed by atoms with Crippen molar-refractivity contribution in [3.63, 3.8) is 0 Å². The number of amides is 2. The first-order valence-corrected chi connectivity index (χ1v) is 8.17. The zero-order valence-electron chi connectivity index (χ0n) is 15.4. The van der Waals surface area contributed by atoms with Crippen LogP contribution >= 0.6 is 0 Å². The molecular weight excluding hydrogens is 353 g/mol. The van der Waals surface area contributed by atoms with Crippen LogP contribution in [0, 0.1) is 5.82 Å². The molecule has 0 aromatic heterocycles. The summed E-state index contributed by atoms with van der Waals surface area (Å²) in [5.41, 5.74) is 0.832. The van der Waals surface area contributed by atoms with Crippen LogP contribution in [0.5, 0.6) is 11.5 Å². The maximum absolute atomic E-state index is 13.1. The molecule has 0 fully saturated rings. The highest BCUT2D eigenvalue weighted by atomic mass is 19.1. The van der Waals surface area contributed by atoms with E-state index < -0.39 is 5.82 Å². The van der Waals surface area contributed by atoms with Crippen molar-refractivity contribution in [3.05, 3.63) is 48.3 Å². The van der Waals surface area contributed by atoms with Gasteiger partial charge in [-0.3, -0.25) is 14.5 Å². The summed E-state index contributed by atoms with van der Waals surface area (Å²) >= 11 is 0. The summed E-state index contributed by atoms with van der Waals surface area (Å²) < 4.78 is 23.5. The first kappa shape index (κ1) is 20.2. The van der Waals surface area contributed by atoms with Gasteiger partial charge in [0.2, 0.25) is 11.8 Å². The summed E-state index contributed by atoms with van der Waals surface area (Å²) in [6, 6.07) is 10.7. The van der Waals surface area contributed by atoms with Crippen molar-refractivity contribution in [3.8, 4) is 11.5 Å². The normalized spacial score (nSPS) is 10.4. The van der Waals surface area contributed by atoms with Gasteiger partial charge in [0.15, 0.2) is 0 Å². The predicted molar refractivity (Wildman–Crippen MR) is 101 cm³/mol. The Hall–Kier alpha value is -3.13. The third kappa shape index (κ3) is 6.27. The average molecular weight is 375 g/mol. The van der Waals surface area contributed by atoms with Crippen molar-refractivity contribution < 1.29 is 23.5 Å². The minimum Gasteiger partial charge on any atom is -0.497 e. The lowest BCUT2D eigenvalue weighted by Crippen LogP contribution is -2.36. The van der Waals surface area contributed by atoms with Crippen LogP contribution in [0.15, 0.2) is 42.5 Å². The highest BCUT2D eigenvalue weighted by Crippen LogP contribution is 2.28. The molecule has 0 unspecified atom stereocenters. The largest absolute Gasteiger partial charge is 0.497 e. The molecule has 0 saturated carbocycles. The first-order chi connectivity index (χ1) is 12.9. The molecule has 7 nitrogen and oxygen atoms in total. The minimum absolute atomic E-state index is 0.0169. The van der Waals surface area contributed by atoms with E-state index in [2.05, 4.69) is 10.6 Å². The van der Waals surface area contributed by atoms with Crippen molar-refractivity contribution >= 4 is 23.2 Å². The second-order valence-electron chi connectivity index (χ2n) is 5.85. The number of nitrogens with zero attached hydrogens (tertiary/aromatic N) is 1. The Morgan fingerprint density at radius 3 is 2.33 bits per heavy atom. The number of methoxy groups -OCH3 is 2. The molecule has 0 aliphatic rings. The number of carbonyl (C=O) groups is 2. The SMILES string of the molecule is COc1ccc(OC)c(NC(=O)CN(C)CC(=O)Nc2cccc(F)c2)c1. The number of rotatable bonds is 8. The highest BCUT2D eigenvalue weighted by molar-refractivity contribution is 5.95. The molecule has 8 heteroatoms. The quantitative estimate of drug-likeness (QED) is 0.740. The lowest BCUT2D eigenvalue weighted by Gasteiger charge is -2.17. The molecule has 2 amide bonds. The van der Waals surface area contributed by atoms with Gasteiger partial charge in [0.1, 0.15) is 17.3 Å². The van der Waals surface area contributed by atoms with Crippen LogP contribution in [0.25, 0.3) is 0 Å². The van der Waals surface area contributed by atoms with Crippen LogP contribution in [0.2, 0.25) is 0 Å². The first-order valence-electron chi connectivity index (χ1n) is 8.17. The van der Waals surface area contributed by atoms with Crippen molar-refractivity contribution in [1.29, 1.82) is 0 Å². The van der Waals surface area contributed by atoms with E-state index in [-0.39, 0.29) is 24.9 Å². The van der Waals surface area contributed by atoms with Gasteiger partial charge in [0, 0.05) is 11.8 Å². The van der Waals surface area contributed by atoms with Crippen LogP contribution in [0.3, 0.4) is 0 Å². The summed E-state index contributed by atoms with van der Waals surface area (Å²) in [6.45, 7) is -0.0455. The Kier molecular flexibility index (Phi) is 7.13. The second-order valence-corrected chi connectivity index (χ2v) is 5.85. The van der Waals surface area contributed by atoms with E-state index in [1.54, 1.807) is 31.3 Å². The van der Waals surface area contributed by atoms with E-state index in [1.807, 2.05) is 0 Å². The smallest absolute Gasteiger partial charge is 0.238 e. The van der Waals surface area contributed by atoms with Gasteiger partial charge in [-0.15, -0.1) is 0 Å². The molecular formula is C19H22FN3O4. The molecule has 0 spiro atoms. The Morgan fingerprint density at radius 1 is 1.00 bits per heavy atom. The van der Waals surface area contributed by atoms with Gasteiger partial charge in [0.05, 0.1) is 33.0 Å². The molecule has 2 rings (SSSR count). The lowest BCUT2D eigenvalue weighted by atomic mass is 10.2. The van der Waals surface area contributed by atoms with E-state index in [0.717, 1.165) is 0 Å². The van der Waals surface area contributed by atoms with Gasteiger partial charge in [-0.05, 0) is 37.4 Å². The maximum Gasteiger partial charge on any atom is 0.238 e. The summed E-state index contributed by atoms with van der Waals surface area (Å²) in [5.74, 6) is -0.0326.